The number of esters is 1. The molecule has 0 fully saturated rings. The van der Waals surface area contributed by atoms with Gasteiger partial charge in [0.15, 0.2) is 6.61 Å². The van der Waals surface area contributed by atoms with Gasteiger partial charge in [-0.3, -0.25) is 14.4 Å². The molecule has 154 valence electrons. The molecule has 0 unspecified atom stereocenters. The Kier molecular flexibility index (Phi) is 8.21. The number of aryl methyl sites for hydroxylation is 3. The first-order valence-corrected chi connectivity index (χ1v) is 9.71. The van der Waals surface area contributed by atoms with E-state index in [1.54, 1.807) is 12.1 Å². The van der Waals surface area contributed by atoms with Crippen molar-refractivity contribution in [3.8, 4) is 0 Å². The van der Waals surface area contributed by atoms with Gasteiger partial charge in [0.05, 0.1) is 0 Å². The molecular formula is C22H25ClN2O4. The molecule has 2 rings (SSSR count). The number of amides is 2. The third-order valence-electron chi connectivity index (χ3n) is 4.35. The Labute approximate surface area is 175 Å². The van der Waals surface area contributed by atoms with Gasteiger partial charge in [0, 0.05) is 29.2 Å². The van der Waals surface area contributed by atoms with Gasteiger partial charge in [-0.25, -0.2) is 0 Å². The van der Waals surface area contributed by atoms with Crippen LogP contribution in [0.2, 0.25) is 5.02 Å². The largest absolute Gasteiger partial charge is 0.456 e. The number of carbonyl (C=O) groups is 3. The second-order valence-corrected chi connectivity index (χ2v) is 7.25. The van der Waals surface area contributed by atoms with Crippen molar-refractivity contribution < 1.29 is 19.1 Å². The average Bonchev–Trinajstić information content (AvgIpc) is 2.66. The van der Waals surface area contributed by atoms with Crippen LogP contribution in [0.3, 0.4) is 0 Å². The molecule has 2 N–H and O–H groups in total. The van der Waals surface area contributed by atoms with E-state index in [4.69, 9.17) is 16.3 Å². The van der Waals surface area contributed by atoms with E-state index in [2.05, 4.69) is 10.6 Å². The molecule has 7 heteroatoms. The Balaban J connectivity index is 1.68. The highest BCUT2D eigenvalue weighted by Gasteiger charge is 2.11. The number of carbonyl (C=O) groups excluding carboxylic acids is 3. The molecule has 2 amide bonds. The lowest BCUT2D eigenvalue weighted by Gasteiger charge is -2.11. The van der Waals surface area contributed by atoms with Crippen LogP contribution in [0.4, 0.5) is 11.4 Å². The zero-order chi connectivity index (χ0) is 21.4. The molecule has 2 aromatic carbocycles. The van der Waals surface area contributed by atoms with Crippen LogP contribution in [0.15, 0.2) is 36.4 Å². The normalized spacial score (nSPS) is 10.3. The second-order valence-electron chi connectivity index (χ2n) is 6.84. The lowest BCUT2D eigenvalue weighted by molar-refractivity contribution is -0.147. The zero-order valence-corrected chi connectivity index (χ0v) is 17.6. The number of halogens is 1. The average molecular weight is 417 g/mol. The van der Waals surface area contributed by atoms with Gasteiger partial charge in [-0.2, -0.15) is 0 Å². The minimum atomic E-state index is -0.521. The van der Waals surface area contributed by atoms with Crippen molar-refractivity contribution in [1.29, 1.82) is 0 Å². The number of benzene rings is 2. The lowest BCUT2D eigenvalue weighted by atomic mass is 10.1. The van der Waals surface area contributed by atoms with Crippen molar-refractivity contribution in [1.82, 2.24) is 0 Å². The molecule has 0 radical (unpaired) electrons. The maximum absolute atomic E-state index is 12.0. The van der Waals surface area contributed by atoms with Crippen molar-refractivity contribution >= 4 is 40.8 Å². The van der Waals surface area contributed by atoms with Crippen molar-refractivity contribution in [2.75, 3.05) is 17.2 Å². The third kappa shape index (κ3) is 7.23. The van der Waals surface area contributed by atoms with Crippen LogP contribution in [-0.4, -0.2) is 24.4 Å². The van der Waals surface area contributed by atoms with Gasteiger partial charge in [0.2, 0.25) is 5.91 Å². The summed E-state index contributed by atoms with van der Waals surface area (Å²) in [5, 5.41) is 6.06. The number of anilines is 2. The molecule has 0 aliphatic rings. The van der Waals surface area contributed by atoms with E-state index in [9.17, 15) is 14.4 Å². The predicted molar refractivity (Wildman–Crippen MR) is 114 cm³/mol. The summed E-state index contributed by atoms with van der Waals surface area (Å²) in [5.41, 5.74) is 4.13. The summed E-state index contributed by atoms with van der Waals surface area (Å²) in [4.78, 5) is 35.8. The molecule has 0 aromatic heterocycles. The van der Waals surface area contributed by atoms with Gasteiger partial charge in [-0.05, 0) is 56.0 Å². The Morgan fingerprint density at radius 3 is 2.24 bits per heavy atom. The second kappa shape index (κ2) is 10.6. The van der Waals surface area contributed by atoms with Crippen LogP contribution in [0, 0.1) is 20.8 Å². The summed E-state index contributed by atoms with van der Waals surface area (Å²) in [5.74, 6) is -1.14. The molecule has 0 saturated heterocycles. The highest BCUT2D eigenvalue weighted by Crippen LogP contribution is 2.20. The van der Waals surface area contributed by atoms with Crippen molar-refractivity contribution in [3.63, 3.8) is 0 Å². The number of nitrogens with one attached hydrogen (secondary N) is 2. The fourth-order valence-electron chi connectivity index (χ4n) is 2.69. The number of hydrogen-bond donors (Lipinski definition) is 2. The molecular weight excluding hydrogens is 392 g/mol. The molecule has 6 nitrogen and oxygen atoms in total. The van der Waals surface area contributed by atoms with Gasteiger partial charge in [0.25, 0.3) is 5.91 Å². The van der Waals surface area contributed by atoms with E-state index in [0.717, 1.165) is 22.4 Å². The zero-order valence-electron chi connectivity index (χ0n) is 16.8. The summed E-state index contributed by atoms with van der Waals surface area (Å²) in [7, 11) is 0. The van der Waals surface area contributed by atoms with Gasteiger partial charge >= 0.3 is 5.97 Å². The lowest BCUT2D eigenvalue weighted by Crippen LogP contribution is -2.22. The monoisotopic (exact) mass is 416 g/mol. The first-order chi connectivity index (χ1) is 13.8. The number of para-hydroxylation sites is 1. The first kappa shape index (κ1) is 22.4. The van der Waals surface area contributed by atoms with Crippen LogP contribution in [-0.2, 0) is 19.1 Å². The molecule has 0 aliphatic carbocycles. The Bertz CT molecular complexity index is 891. The molecule has 0 bridgehead atoms. The first-order valence-electron chi connectivity index (χ1n) is 9.34. The van der Waals surface area contributed by atoms with Crippen LogP contribution in [0.5, 0.6) is 0 Å². The fourth-order valence-corrected chi connectivity index (χ4v) is 2.87. The van der Waals surface area contributed by atoms with Gasteiger partial charge in [-0.1, -0.05) is 35.9 Å². The summed E-state index contributed by atoms with van der Waals surface area (Å²) < 4.78 is 4.98. The Morgan fingerprint density at radius 2 is 1.59 bits per heavy atom. The van der Waals surface area contributed by atoms with Crippen LogP contribution in [0.1, 0.15) is 36.0 Å². The van der Waals surface area contributed by atoms with Crippen molar-refractivity contribution in [2.45, 2.75) is 40.0 Å². The number of rotatable bonds is 8. The SMILES string of the molecule is Cc1ccc(NC(=O)CCCC(=O)OCC(=O)Nc2c(C)cccc2C)cc1Cl. The fraction of sp³-hybridized carbons (Fsp3) is 0.318. The Hall–Kier alpha value is -2.86. The van der Waals surface area contributed by atoms with Gasteiger partial charge in [-0.15, -0.1) is 0 Å². The van der Waals surface area contributed by atoms with Gasteiger partial charge < -0.3 is 15.4 Å². The topological polar surface area (TPSA) is 84.5 Å². The standard InChI is InChI=1S/C22H25ClN2O4/c1-14-10-11-17(12-18(14)23)24-19(26)8-5-9-21(28)29-13-20(27)25-22-15(2)6-4-7-16(22)3/h4,6-7,10-12H,5,8-9,13H2,1-3H3,(H,24,26)(H,25,27). The maximum atomic E-state index is 12.0. The molecule has 0 saturated carbocycles. The number of hydrogen-bond acceptors (Lipinski definition) is 4. The smallest absolute Gasteiger partial charge is 0.306 e. The number of ether oxygens (including phenoxy) is 1. The molecule has 0 spiro atoms. The summed E-state index contributed by atoms with van der Waals surface area (Å²) >= 11 is 6.03. The van der Waals surface area contributed by atoms with Gasteiger partial charge in [0.1, 0.15) is 0 Å². The molecule has 0 aliphatic heterocycles. The highest BCUT2D eigenvalue weighted by atomic mass is 35.5. The maximum Gasteiger partial charge on any atom is 0.306 e. The third-order valence-corrected chi connectivity index (χ3v) is 4.76. The van der Waals surface area contributed by atoms with Crippen molar-refractivity contribution in [2.24, 2.45) is 0 Å². The van der Waals surface area contributed by atoms with E-state index in [1.165, 1.54) is 0 Å². The molecule has 0 atom stereocenters. The van der Waals surface area contributed by atoms with Crippen molar-refractivity contribution in [3.05, 3.63) is 58.1 Å². The quantitative estimate of drug-likeness (QED) is 0.618. The molecule has 29 heavy (non-hydrogen) atoms. The Morgan fingerprint density at radius 1 is 0.897 bits per heavy atom. The minimum Gasteiger partial charge on any atom is -0.456 e. The van der Waals surface area contributed by atoms with E-state index < -0.39 is 11.9 Å². The van der Waals surface area contributed by atoms with E-state index in [0.29, 0.717) is 17.1 Å². The molecule has 2 aromatic rings. The van der Waals surface area contributed by atoms with E-state index in [1.807, 2.05) is 45.0 Å². The van der Waals surface area contributed by atoms with E-state index in [-0.39, 0.29) is 25.4 Å². The van der Waals surface area contributed by atoms with Crippen LogP contribution >= 0.6 is 11.6 Å². The summed E-state index contributed by atoms with van der Waals surface area (Å²) in [6, 6.07) is 11.0. The van der Waals surface area contributed by atoms with E-state index >= 15 is 0 Å². The highest BCUT2D eigenvalue weighted by molar-refractivity contribution is 6.31. The van der Waals surface area contributed by atoms with Crippen LogP contribution < -0.4 is 10.6 Å². The minimum absolute atomic E-state index is 0.0543. The molecule has 0 heterocycles. The summed E-state index contributed by atoms with van der Waals surface area (Å²) in [6.45, 7) is 5.30. The summed E-state index contributed by atoms with van der Waals surface area (Å²) in [6.07, 6.45) is 0.538. The van der Waals surface area contributed by atoms with Crippen LogP contribution in [0.25, 0.3) is 0 Å². The predicted octanol–water partition coefficient (Wildman–Crippen LogP) is 4.56.